The lowest BCUT2D eigenvalue weighted by Gasteiger charge is -2.14. The fourth-order valence-electron chi connectivity index (χ4n) is 1.14. The highest BCUT2D eigenvalue weighted by Gasteiger charge is 2.10. The maximum atomic E-state index is 11.7. The average Bonchev–Trinajstić information content (AvgIpc) is 2.20. The van der Waals surface area contributed by atoms with E-state index < -0.39 is 0 Å². The first-order chi connectivity index (χ1) is 6.56. The number of hydrogen-bond donors (Lipinski definition) is 1. The molecule has 14 heavy (non-hydrogen) atoms. The van der Waals surface area contributed by atoms with Crippen LogP contribution in [0.1, 0.15) is 22.8 Å². The molecule has 3 heteroatoms. The molecule has 0 bridgehead atoms. The topological polar surface area (TPSA) is 46.3 Å². The molecule has 2 N–H and O–H groups in total. The third kappa shape index (κ3) is 2.05. The van der Waals surface area contributed by atoms with Gasteiger partial charge in [0.25, 0.3) is 5.91 Å². The van der Waals surface area contributed by atoms with Crippen LogP contribution in [0.3, 0.4) is 0 Å². The van der Waals surface area contributed by atoms with Crippen molar-refractivity contribution in [1.29, 1.82) is 0 Å². The van der Waals surface area contributed by atoms with Gasteiger partial charge in [-0.05, 0) is 31.5 Å². The van der Waals surface area contributed by atoms with E-state index in [9.17, 15) is 4.79 Å². The minimum absolute atomic E-state index is 0.0131. The number of amides is 1. The molecule has 0 spiro atoms. The minimum Gasteiger partial charge on any atom is -0.398 e. The van der Waals surface area contributed by atoms with Gasteiger partial charge in [-0.25, -0.2) is 0 Å². The second-order valence-corrected chi connectivity index (χ2v) is 3.39. The number of nitrogens with zero attached hydrogens (tertiary/aromatic N) is 1. The van der Waals surface area contributed by atoms with Gasteiger partial charge in [0, 0.05) is 24.8 Å². The van der Waals surface area contributed by atoms with Crippen molar-refractivity contribution >= 4 is 11.6 Å². The van der Waals surface area contributed by atoms with Crippen LogP contribution in [0.5, 0.6) is 0 Å². The number of hydrogen-bond acceptors (Lipinski definition) is 2. The molecule has 1 aromatic carbocycles. The molecule has 1 aromatic rings. The summed E-state index contributed by atoms with van der Waals surface area (Å²) in [6, 6.07) is 5.40. The number of nitrogens with two attached hydrogens (primary N) is 1. The predicted octanol–water partition coefficient (Wildman–Crippen LogP) is 1.67. The molecule has 0 atom stereocenters. The normalized spacial score (nSPS) is 9.93. The van der Waals surface area contributed by atoms with E-state index in [1.807, 2.05) is 19.9 Å². The molecule has 76 valence electrons. The van der Waals surface area contributed by atoms with Crippen molar-refractivity contribution in [3.05, 3.63) is 29.3 Å². The van der Waals surface area contributed by atoms with Crippen molar-refractivity contribution in [3.8, 4) is 0 Å². The molecule has 1 rings (SSSR count). The van der Waals surface area contributed by atoms with Gasteiger partial charge in [0.1, 0.15) is 0 Å². The zero-order chi connectivity index (χ0) is 10.7. The van der Waals surface area contributed by atoms with Crippen LogP contribution in [-0.4, -0.2) is 24.4 Å². The summed E-state index contributed by atoms with van der Waals surface area (Å²) >= 11 is 0. The molecule has 0 heterocycles. The van der Waals surface area contributed by atoms with Crippen LogP contribution in [0.4, 0.5) is 5.69 Å². The van der Waals surface area contributed by atoms with E-state index in [0.29, 0.717) is 17.8 Å². The molecule has 0 aliphatic carbocycles. The van der Waals surface area contributed by atoms with Crippen LogP contribution in [0.2, 0.25) is 0 Å². The van der Waals surface area contributed by atoms with Gasteiger partial charge in [-0.3, -0.25) is 4.79 Å². The Morgan fingerprint density at radius 1 is 1.50 bits per heavy atom. The van der Waals surface area contributed by atoms with E-state index in [-0.39, 0.29) is 5.91 Å². The predicted molar refractivity (Wildman–Crippen MR) is 58.2 cm³/mol. The van der Waals surface area contributed by atoms with Crippen molar-refractivity contribution in [2.75, 3.05) is 19.3 Å². The summed E-state index contributed by atoms with van der Waals surface area (Å²) in [5, 5.41) is 0. The average molecular weight is 192 g/mol. The molecular formula is C11H16N2O. The monoisotopic (exact) mass is 192 g/mol. The van der Waals surface area contributed by atoms with Gasteiger partial charge < -0.3 is 10.6 Å². The van der Waals surface area contributed by atoms with Crippen molar-refractivity contribution in [3.63, 3.8) is 0 Å². The van der Waals surface area contributed by atoms with E-state index >= 15 is 0 Å². The van der Waals surface area contributed by atoms with Gasteiger partial charge in [0.2, 0.25) is 0 Å². The Balaban J connectivity index is 2.97. The molecule has 0 fully saturated rings. The van der Waals surface area contributed by atoms with Gasteiger partial charge in [-0.15, -0.1) is 0 Å². The summed E-state index contributed by atoms with van der Waals surface area (Å²) in [6.07, 6.45) is 0. The first-order valence-electron chi connectivity index (χ1n) is 4.67. The van der Waals surface area contributed by atoms with E-state index in [4.69, 9.17) is 5.73 Å². The number of nitrogen functional groups attached to an aromatic ring is 1. The SMILES string of the molecule is CCN(C)C(=O)c1ccc(C)c(N)c1. The summed E-state index contributed by atoms with van der Waals surface area (Å²) in [5.41, 5.74) is 8.05. The van der Waals surface area contributed by atoms with Gasteiger partial charge in [-0.1, -0.05) is 6.07 Å². The number of anilines is 1. The summed E-state index contributed by atoms with van der Waals surface area (Å²) < 4.78 is 0. The van der Waals surface area contributed by atoms with Crippen LogP contribution in [-0.2, 0) is 0 Å². The summed E-state index contributed by atoms with van der Waals surface area (Å²) in [6.45, 7) is 4.56. The highest BCUT2D eigenvalue weighted by atomic mass is 16.2. The maximum absolute atomic E-state index is 11.7. The molecule has 0 unspecified atom stereocenters. The molecule has 0 aliphatic heterocycles. The number of rotatable bonds is 2. The minimum atomic E-state index is 0.0131. The lowest BCUT2D eigenvalue weighted by Crippen LogP contribution is -2.26. The Labute approximate surface area is 84.5 Å². The number of benzene rings is 1. The smallest absolute Gasteiger partial charge is 0.253 e. The summed E-state index contributed by atoms with van der Waals surface area (Å²) in [5.74, 6) is 0.0131. The Morgan fingerprint density at radius 3 is 2.64 bits per heavy atom. The number of carbonyl (C=O) groups excluding carboxylic acids is 1. The van der Waals surface area contributed by atoms with Crippen molar-refractivity contribution < 1.29 is 4.79 Å². The van der Waals surface area contributed by atoms with Crippen LogP contribution in [0, 0.1) is 6.92 Å². The Morgan fingerprint density at radius 2 is 2.14 bits per heavy atom. The van der Waals surface area contributed by atoms with E-state index in [0.717, 1.165) is 5.56 Å². The third-order valence-corrected chi connectivity index (χ3v) is 2.35. The Hall–Kier alpha value is -1.51. The Kier molecular flexibility index (Phi) is 3.12. The lowest BCUT2D eigenvalue weighted by molar-refractivity contribution is 0.0802. The fourth-order valence-corrected chi connectivity index (χ4v) is 1.14. The number of carbonyl (C=O) groups is 1. The second kappa shape index (κ2) is 4.13. The third-order valence-electron chi connectivity index (χ3n) is 2.35. The van der Waals surface area contributed by atoms with Crippen LogP contribution in [0.25, 0.3) is 0 Å². The van der Waals surface area contributed by atoms with Gasteiger partial charge in [0.15, 0.2) is 0 Å². The zero-order valence-corrected chi connectivity index (χ0v) is 8.87. The second-order valence-electron chi connectivity index (χ2n) is 3.39. The molecule has 0 saturated heterocycles. The van der Waals surface area contributed by atoms with Gasteiger partial charge >= 0.3 is 0 Å². The summed E-state index contributed by atoms with van der Waals surface area (Å²) in [4.78, 5) is 13.4. The van der Waals surface area contributed by atoms with Crippen LogP contribution < -0.4 is 5.73 Å². The molecule has 3 nitrogen and oxygen atoms in total. The molecule has 0 aromatic heterocycles. The fraction of sp³-hybridized carbons (Fsp3) is 0.364. The van der Waals surface area contributed by atoms with Crippen LogP contribution >= 0.6 is 0 Å². The zero-order valence-electron chi connectivity index (χ0n) is 8.87. The number of aryl methyl sites for hydroxylation is 1. The van der Waals surface area contributed by atoms with Crippen molar-refractivity contribution in [1.82, 2.24) is 4.90 Å². The first-order valence-corrected chi connectivity index (χ1v) is 4.67. The van der Waals surface area contributed by atoms with Crippen molar-refractivity contribution in [2.45, 2.75) is 13.8 Å². The van der Waals surface area contributed by atoms with Gasteiger partial charge in [0.05, 0.1) is 0 Å². The summed E-state index contributed by atoms with van der Waals surface area (Å²) in [7, 11) is 1.78. The van der Waals surface area contributed by atoms with Crippen molar-refractivity contribution in [2.24, 2.45) is 0 Å². The Bertz CT molecular complexity index is 347. The van der Waals surface area contributed by atoms with E-state index in [1.54, 1.807) is 24.1 Å². The maximum Gasteiger partial charge on any atom is 0.253 e. The van der Waals surface area contributed by atoms with E-state index in [2.05, 4.69) is 0 Å². The standard InChI is InChI=1S/C11H16N2O/c1-4-13(3)11(14)9-6-5-8(2)10(12)7-9/h5-7H,4,12H2,1-3H3. The molecule has 0 radical (unpaired) electrons. The lowest BCUT2D eigenvalue weighted by atomic mass is 10.1. The highest BCUT2D eigenvalue weighted by Crippen LogP contribution is 2.13. The highest BCUT2D eigenvalue weighted by molar-refractivity contribution is 5.95. The largest absolute Gasteiger partial charge is 0.398 e. The van der Waals surface area contributed by atoms with Gasteiger partial charge in [-0.2, -0.15) is 0 Å². The van der Waals surface area contributed by atoms with Crippen LogP contribution in [0.15, 0.2) is 18.2 Å². The molecule has 1 amide bonds. The molecule has 0 saturated carbocycles. The molecular weight excluding hydrogens is 176 g/mol. The first kappa shape index (κ1) is 10.6. The van der Waals surface area contributed by atoms with E-state index in [1.165, 1.54) is 0 Å². The molecule has 0 aliphatic rings. The quantitative estimate of drug-likeness (QED) is 0.724.